The summed E-state index contributed by atoms with van der Waals surface area (Å²) in [5, 5.41) is 0. The molecule has 1 aromatic heterocycles. The van der Waals surface area contributed by atoms with Crippen LogP contribution in [0.25, 0.3) is 6.08 Å². The Balaban J connectivity index is 1.28. The molecular formula is C23H26N2O5. The van der Waals surface area contributed by atoms with Gasteiger partial charge in [-0.15, -0.1) is 0 Å². The van der Waals surface area contributed by atoms with E-state index in [1.165, 1.54) is 0 Å². The molecule has 0 spiro atoms. The number of benzene rings is 1. The molecule has 0 unspecified atom stereocenters. The average Bonchev–Trinajstić information content (AvgIpc) is 3.38. The second-order valence-corrected chi connectivity index (χ2v) is 7.96. The lowest BCUT2D eigenvalue weighted by molar-refractivity contribution is 0.0329. The van der Waals surface area contributed by atoms with Crippen molar-refractivity contribution in [2.24, 2.45) is 0 Å². The fourth-order valence-electron chi connectivity index (χ4n) is 4.29. The SMILES string of the molecule is Cc1c2c(cc3c1O/C(=C\c1ccco1)C3=O)CN(CCCN1CCOCC1)CO2. The van der Waals surface area contributed by atoms with Gasteiger partial charge < -0.3 is 18.6 Å². The number of nitrogens with zero attached hydrogens (tertiary/aromatic N) is 2. The molecule has 0 amide bonds. The van der Waals surface area contributed by atoms with Gasteiger partial charge >= 0.3 is 0 Å². The fraction of sp³-hybridized carbons (Fsp3) is 0.435. The Bertz CT molecular complexity index is 960. The third-order valence-electron chi connectivity index (χ3n) is 5.87. The highest BCUT2D eigenvalue weighted by Crippen LogP contribution is 2.43. The highest BCUT2D eigenvalue weighted by Gasteiger charge is 2.33. The summed E-state index contributed by atoms with van der Waals surface area (Å²) in [6.45, 7) is 9.00. The van der Waals surface area contributed by atoms with Gasteiger partial charge in [-0.3, -0.25) is 14.6 Å². The molecule has 30 heavy (non-hydrogen) atoms. The van der Waals surface area contributed by atoms with Gasteiger partial charge in [-0.2, -0.15) is 0 Å². The summed E-state index contributed by atoms with van der Waals surface area (Å²) in [6, 6.07) is 5.50. The average molecular weight is 410 g/mol. The van der Waals surface area contributed by atoms with Crippen molar-refractivity contribution in [2.45, 2.75) is 19.9 Å². The molecular weight excluding hydrogens is 384 g/mol. The van der Waals surface area contributed by atoms with Gasteiger partial charge in [0.2, 0.25) is 5.78 Å². The minimum Gasteiger partial charge on any atom is -0.477 e. The normalized spacial score (nSPS) is 20.7. The third kappa shape index (κ3) is 3.76. The van der Waals surface area contributed by atoms with Crippen LogP contribution in [0.3, 0.4) is 0 Å². The minimum atomic E-state index is -0.114. The van der Waals surface area contributed by atoms with E-state index >= 15 is 0 Å². The summed E-state index contributed by atoms with van der Waals surface area (Å²) in [6.07, 6.45) is 4.30. The van der Waals surface area contributed by atoms with Gasteiger partial charge in [-0.1, -0.05) is 0 Å². The van der Waals surface area contributed by atoms with E-state index in [2.05, 4.69) is 9.80 Å². The highest BCUT2D eigenvalue weighted by molar-refractivity contribution is 6.15. The Morgan fingerprint density at radius 3 is 2.77 bits per heavy atom. The molecule has 4 heterocycles. The molecule has 0 N–H and O–H groups in total. The smallest absolute Gasteiger partial charge is 0.232 e. The number of hydrogen-bond acceptors (Lipinski definition) is 7. The van der Waals surface area contributed by atoms with Crippen LogP contribution in [0.5, 0.6) is 11.5 Å². The second kappa shape index (κ2) is 8.26. The quantitative estimate of drug-likeness (QED) is 0.702. The molecule has 0 atom stereocenters. The van der Waals surface area contributed by atoms with Gasteiger partial charge in [0.1, 0.15) is 24.0 Å². The summed E-state index contributed by atoms with van der Waals surface area (Å²) in [5.41, 5.74) is 2.52. The van der Waals surface area contributed by atoms with E-state index in [0.717, 1.165) is 69.2 Å². The lowest BCUT2D eigenvalue weighted by Gasteiger charge is -2.31. The number of carbonyl (C=O) groups is 1. The first-order valence-corrected chi connectivity index (χ1v) is 10.5. The maximum Gasteiger partial charge on any atom is 0.232 e. The molecule has 7 nitrogen and oxygen atoms in total. The van der Waals surface area contributed by atoms with Crippen molar-refractivity contribution in [1.29, 1.82) is 0 Å². The number of furan rings is 1. The van der Waals surface area contributed by atoms with Crippen LogP contribution >= 0.6 is 0 Å². The van der Waals surface area contributed by atoms with Gasteiger partial charge in [0.15, 0.2) is 5.76 Å². The van der Waals surface area contributed by atoms with Gasteiger partial charge in [-0.25, -0.2) is 0 Å². The molecule has 1 saturated heterocycles. The first kappa shape index (κ1) is 19.4. The molecule has 0 bridgehead atoms. The number of ether oxygens (including phenoxy) is 3. The van der Waals surface area contributed by atoms with Crippen molar-refractivity contribution in [2.75, 3.05) is 46.1 Å². The van der Waals surface area contributed by atoms with Crippen molar-refractivity contribution >= 4 is 11.9 Å². The zero-order valence-electron chi connectivity index (χ0n) is 17.2. The van der Waals surface area contributed by atoms with Crippen molar-refractivity contribution in [3.05, 3.63) is 52.7 Å². The molecule has 0 radical (unpaired) electrons. The number of fused-ring (bicyclic) bond motifs is 2. The number of hydrogen-bond donors (Lipinski definition) is 0. The van der Waals surface area contributed by atoms with Crippen LogP contribution in [-0.4, -0.2) is 61.7 Å². The number of ketones is 1. The molecule has 7 heteroatoms. The Kier molecular flexibility index (Phi) is 5.33. The number of allylic oxidation sites excluding steroid dienone is 1. The van der Waals surface area contributed by atoms with E-state index in [1.807, 2.05) is 13.0 Å². The van der Waals surface area contributed by atoms with Crippen LogP contribution in [0.1, 0.15) is 33.7 Å². The van der Waals surface area contributed by atoms with Crippen LogP contribution in [0.4, 0.5) is 0 Å². The molecule has 1 fully saturated rings. The molecule has 3 aliphatic rings. The van der Waals surface area contributed by atoms with Crippen molar-refractivity contribution < 1.29 is 23.4 Å². The van der Waals surface area contributed by atoms with Crippen LogP contribution < -0.4 is 9.47 Å². The third-order valence-corrected chi connectivity index (χ3v) is 5.87. The van der Waals surface area contributed by atoms with Crippen molar-refractivity contribution in [3.8, 4) is 11.5 Å². The van der Waals surface area contributed by atoms with E-state index in [-0.39, 0.29) is 11.5 Å². The minimum absolute atomic E-state index is 0.114. The molecule has 158 valence electrons. The summed E-state index contributed by atoms with van der Waals surface area (Å²) in [5.74, 6) is 2.20. The van der Waals surface area contributed by atoms with E-state index < -0.39 is 0 Å². The summed E-state index contributed by atoms with van der Waals surface area (Å²) < 4.78 is 22.7. The lowest BCUT2D eigenvalue weighted by Crippen LogP contribution is -2.39. The Labute approximate surface area is 175 Å². The molecule has 2 aromatic rings. The predicted octanol–water partition coefficient (Wildman–Crippen LogP) is 3.08. The molecule has 5 rings (SSSR count). The first-order valence-electron chi connectivity index (χ1n) is 10.5. The van der Waals surface area contributed by atoms with Gasteiger partial charge in [0.25, 0.3) is 0 Å². The summed E-state index contributed by atoms with van der Waals surface area (Å²) in [4.78, 5) is 17.6. The van der Waals surface area contributed by atoms with Crippen LogP contribution in [0.15, 0.2) is 34.6 Å². The Hall–Kier alpha value is -2.61. The van der Waals surface area contributed by atoms with E-state index in [4.69, 9.17) is 18.6 Å². The van der Waals surface area contributed by atoms with Gasteiger partial charge in [0, 0.05) is 43.4 Å². The standard InChI is InChI=1S/C23H26N2O5/c1-16-22-17(14-25(15-29-22)6-3-5-24-7-10-27-11-8-24)12-19-21(26)20(30-23(16)19)13-18-4-2-9-28-18/h2,4,9,12-13H,3,5-8,10-11,14-15H2,1H3/b20-13-. The molecule has 0 aliphatic carbocycles. The van der Waals surface area contributed by atoms with Crippen molar-refractivity contribution in [3.63, 3.8) is 0 Å². The molecule has 0 saturated carbocycles. The number of Topliss-reactive ketones (excluding diaryl/α,β-unsaturated/α-hetero) is 1. The maximum atomic E-state index is 12.9. The lowest BCUT2D eigenvalue weighted by atomic mass is 10.00. The fourth-order valence-corrected chi connectivity index (χ4v) is 4.29. The van der Waals surface area contributed by atoms with Crippen LogP contribution in [0.2, 0.25) is 0 Å². The number of rotatable bonds is 5. The molecule has 1 aromatic carbocycles. The number of carbonyl (C=O) groups excluding carboxylic acids is 1. The van der Waals surface area contributed by atoms with Crippen molar-refractivity contribution in [1.82, 2.24) is 9.80 Å². The monoisotopic (exact) mass is 410 g/mol. The Morgan fingerprint density at radius 1 is 1.13 bits per heavy atom. The second-order valence-electron chi connectivity index (χ2n) is 7.96. The van der Waals surface area contributed by atoms with Gasteiger partial charge in [-0.05, 0) is 38.1 Å². The highest BCUT2D eigenvalue weighted by atomic mass is 16.5. The summed E-state index contributed by atoms with van der Waals surface area (Å²) >= 11 is 0. The topological polar surface area (TPSA) is 64.4 Å². The van der Waals surface area contributed by atoms with E-state index in [1.54, 1.807) is 24.5 Å². The largest absolute Gasteiger partial charge is 0.477 e. The zero-order valence-corrected chi connectivity index (χ0v) is 17.2. The van der Waals surface area contributed by atoms with E-state index in [9.17, 15) is 4.79 Å². The van der Waals surface area contributed by atoms with E-state index in [0.29, 0.717) is 23.8 Å². The van der Waals surface area contributed by atoms with Crippen LogP contribution in [-0.2, 0) is 11.3 Å². The predicted molar refractivity (Wildman–Crippen MR) is 111 cm³/mol. The van der Waals surface area contributed by atoms with Crippen LogP contribution in [0, 0.1) is 6.92 Å². The van der Waals surface area contributed by atoms with Gasteiger partial charge in [0.05, 0.1) is 25.0 Å². The first-order chi connectivity index (χ1) is 14.7. The maximum absolute atomic E-state index is 12.9. The zero-order chi connectivity index (χ0) is 20.5. The molecule has 3 aliphatic heterocycles. The summed E-state index contributed by atoms with van der Waals surface area (Å²) in [7, 11) is 0. The Morgan fingerprint density at radius 2 is 1.97 bits per heavy atom. The number of morpholine rings is 1.